The zero-order valence-corrected chi connectivity index (χ0v) is 17.2. The van der Waals surface area contributed by atoms with Gasteiger partial charge in [0.2, 0.25) is 0 Å². The molecule has 0 bridgehead atoms. The lowest BCUT2D eigenvalue weighted by Gasteiger charge is -2.22. The molecule has 1 aromatic carbocycles. The van der Waals surface area contributed by atoms with Gasteiger partial charge in [-0.1, -0.05) is 6.07 Å². The maximum absolute atomic E-state index is 12.5. The molecule has 1 heterocycles. The number of carbonyl (C=O) groups excluding carboxylic acids is 2. The van der Waals surface area contributed by atoms with Gasteiger partial charge in [0, 0.05) is 11.8 Å². The van der Waals surface area contributed by atoms with Gasteiger partial charge in [0.15, 0.2) is 5.69 Å². The largest absolute Gasteiger partial charge is 0.508 e. The number of pyridine rings is 1. The van der Waals surface area contributed by atoms with E-state index >= 15 is 0 Å². The third-order valence-corrected chi connectivity index (χ3v) is 4.11. The second kappa shape index (κ2) is 8.19. The second-order valence-electron chi connectivity index (χ2n) is 7.40. The Morgan fingerprint density at radius 2 is 1.90 bits per heavy atom. The summed E-state index contributed by atoms with van der Waals surface area (Å²) in [5, 5.41) is 22.1. The molecule has 0 aliphatic carbocycles. The topological polar surface area (TPSA) is 122 Å². The van der Waals surface area contributed by atoms with Crippen LogP contribution < -0.4 is 5.32 Å². The zero-order chi connectivity index (χ0) is 21.9. The number of rotatable bonds is 3. The Bertz CT molecular complexity index is 1020. The van der Waals surface area contributed by atoms with E-state index in [2.05, 4.69) is 10.3 Å². The van der Waals surface area contributed by atoms with Gasteiger partial charge in [-0.25, -0.2) is 14.6 Å². The van der Waals surface area contributed by atoms with E-state index in [1.54, 1.807) is 39.8 Å². The molecule has 152 valence electrons. The van der Waals surface area contributed by atoms with Crippen LogP contribution in [0, 0.1) is 25.2 Å². The molecule has 0 saturated carbocycles. The molecule has 0 atom stereocenters. The number of nitrogens with zero attached hydrogens (tertiary/aromatic N) is 2. The number of carbonyl (C=O) groups is 2. The molecule has 0 radical (unpaired) electrons. The van der Waals surface area contributed by atoms with E-state index < -0.39 is 17.7 Å². The minimum atomic E-state index is -0.836. The molecule has 2 N–H and O–H groups in total. The van der Waals surface area contributed by atoms with Gasteiger partial charge >= 0.3 is 12.1 Å². The lowest BCUT2D eigenvalue weighted by atomic mass is 9.93. The highest BCUT2D eigenvalue weighted by atomic mass is 16.6. The Balaban J connectivity index is 2.82. The summed E-state index contributed by atoms with van der Waals surface area (Å²) < 4.78 is 10.1. The van der Waals surface area contributed by atoms with Gasteiger partial charge in [0.1, 0.15) is 23.0 Å². The molecular weight excluding hydrogens is 374 g/mol. The molecule has 0 aliphatic heterocycles. The number of aryl methyl sites for hydroxylation is 1. The van der Waals surface area contributed by atoms with Crippen molar-refractivity contribution in [3.8, 4) is 22.9 Å². The Morgan fingerprint density at radius 3 is 2.45 bits per heavy atom. The molecule has 0 spiro atoms. The zero-order valence-electron chi connectivity index (χ0n) is 17.2. The number of esters is 1. The summed E-state index contributed by atoms with van der Waals surface area (Å²) in [6.45, 7) is 8.61. The third kappa shape index (κ3) is 4.63. The van der Waals surface area contributed by atoms with Crippen LogP contribution >= 0.6 is 0 Å². The number of benzene rings is 1. The van der Waals surface area contributed by atoms with E-state index in [1.165, 1.54) is 6.20 Å². The van der Waals surface area contributed by atoms with E-state index in [4.69, 9.17) is 9.47 Å². The number of phenolic OH excluding ortho intramolecular Hbond substituents is 1. The lowest BCUT2D eigenvalue weighted by Crippen LogP contribution is -2.28. The van der Waals surface area contributed by atoms with Crippen molar-refractivity contribution in [2.45, 2.75) is 40.2 Å². The molecule has 8 heteroatoms. The molecule has 1 aromatic heterocycles. The van der Waals surface area contributed by atoms with Crippen molar-refractivity contribution in [2.75, 3.05) is 12.4 Å². The minimum Gasteiger partial charge on any atom is -0.508 e. The van der Waals surface area contributed by atoms with Gasteiger partial charge in [-0.15, -0.1) is 0 Å². The van der Waals surface area contributed by atoms with Crippen molar-refractivity contribution in [1.82, 2.24) is 4.98 Å². The molecule has 0 fully saturated rings. The number of phenols is 1. The van der Waals surface area contributed by atoms with Crippen LogP contribution in [-0.4, -0.2) is 34.9 Å². The maximum Gasteiger partial charge on any atom is 0.412 e. The Hall–Kier alpha value is -3.60. The molecular formula is C21H23N3O5. The average Bonchev–Trinajstić information content (AvgIpc) is 2.63. The standard InChI is InChI=1S/C21H23N3O5/c1-11-7-8-15(25)12(2)16(11)13-10-23-14(9-22)17(19(26)28-6)18(13)24-20(27)29-21(3,4)5/h7-8,10,25H,1-6H3,(H,23,24,27). The number of hydrogen-bond donors (Lipinski definition) is 2. The molecule has 2 aromatic rings. The van der Waals surface area contributed by atoms with E-state index in [-0.39, 0.29) is 22.7 Å². The van der Waals surface area contributed by atoms with Gasteiger partial charge in [0.05, 0.1) is 12.8 Å². The predicted octanol–water partition coefficient (Wildman–Crippen LogP) is 4.08. The van der Waals surface area contributed by atoms with Crippen LogP contribution in [0.2, 0.25) is 0 Å². The first kappa shape index (κ1) is 21.7. The number of methoxy groups -OCH3 is 1. The van der Waals surface area contributed by atoms with Crippen LogP contribution in [0.25, 0.3) is 11.1 Å². The maximum atomic E-state index is 12.5. The number of hydrogen-bond acceptors (Lipinski definition) is 7. The fourth-order valence-electron chi connectivity index (χ4n) is 2.87. The van der Waals surface area contributed by atoms with E-state index in [9.17, 15) is 20.0 Å². The normalized spacial score (nSPS) is 10.8. The first-order chi connectivity index (χ1) is 13.5. The van der Waals surface area contributed by atoms with Crippen LogP contribution in [0.1, 0.15) is 48.0 Å². The highest BCUT2D eigenvalue weighted by Gasteiger charge is 2.27. The number of aromatic nitrogens is 1. The first-order valence-electron chi connectivity index (χ1n) is 8.81. The number of ether oxygens (including phenoxy) is 2. The number of aromatic hydroxyl groups is 1. The van der Waals surface area contributed by atoms with Crippen LogP contribution in [0.4, 0.5) is 10.5 Å². The summed E-state index contributed by atoms with van der Waals surface area (Å²) >= 11 is 0. The summed E-state index contributed by atoms with van der Waals surface area (Å²) in [6.07, 6.45) is 0.557. The van der Waals surface area contributed by atoms with Crippen LogP contribution in [0.15, 0.2) is 18.3 Å². The molecule has 0 unspecified atom stereocenters. The van der Waals surface area contributed by atoms with E-state index in [1.807, 2.05) is 13.0 Å². The fraction of sp³-hybridized carbons (Fsp3) is 0.333. The summed E-state index contributed by atoms with van der Waals surface area (Å²) in [6, 6.07) is 5.09. The molecule has 0 saturated heterocycles. The number of anilines is 1. The van der Waals surface area contributed by atoms with Crippen LogP contribution in [-0.2, 0) is 9.47 Å². The van der Waals surface area contributed by atoms with Gasteiger partial charge in [0.25, 0.3) is 0 Å². The first-order valence-corrected chi connectivity index (χ1v) is 8.81. The van der Waals surface area contributed by atoms with Gasteiger partial charge in [-0.3, -0.25) is 5.32 Å². The van der Waals surface area contributed by atoms with Gasteiger partial charge < -0.3 is 14.6 Å². The second-order valence-corrected chi connectivity index (χ2v) is 7.40. The minimum absolute atomic E-state index is 0.0226. The Kier molecular flexibility index (Phi) is 6.12. The van der Waals surface area contributed by atoms with Crippen molar-refractivity contribution >= 4 is 17.7 Å². The van der Waals surface area contributed by atoms with Crippen molar-refractivity contribution in [3.63, 3.8) is 0 Å². The monoisotopic (exact) mass is 397 g/mol. The highest BCUT2D eigenvalue weighted by molar-refractivity contribution is 6.06. The fourth-order valence-corrected chi connectivity index (χ4v) is 2.87. The molecule has 29 heavy (non-hydrogen) atoms. The summed E-state index contributed by atoms with van der Waals surface area (Å²) in [5.41, 5.74) is 1.06. The summed E-state index contributed by atoms with van der Waals surface area (Å²) in [7, 11) is 1.16. The van der Waals surface area contributed by atoms with Gasteiger partial charge in [-0.2, -0.15) is 5.26 Å². The quantitative estimate of drug-likeness (QED) is 0.748. The number of nitriles is 1. The third-order valence-electron chi connectivity index (χ3n) is 4.11. The SMILES string of the molecule is COC(=O)c1c(C#N)ncc(-c2c(C)ccc(O)c2C)c1NC(=O)OC(C)(C)C. The Morgan fingerprint density at radius 1 is 1.24 bits per heavy atom. The van der Waals surface area contributed by atoms with Crippen molar-refractivity contribution in [1.29, 1.82) is 5.26 Å². The molecule has 8 nitrogen and oxygen atoms in total. The van der Waals surface area contributed by atoms with Gasteiger partial charge in [-0.05, 0) is 57.4 Å². The van der Waals surface area contributed by atoms with Crippen molar-refractivity contribution < 1.29 is 24.2 Å². The highest BCUT2D eigenvalue weighted by Crippen LogP contribution is 2.39. The predicted molar refractivity (Wildman–Crippen MR) is 107 cm³/mol. The summed E-state index contributed by atoms with van der Waals surface area (Å²) in [4.78, 5) is 29.0. The molecule has 0 aliphatic rings. The Labute approximate surface area is 169 Å². The molecule has 2 rings (SSSR count). The molecule has 1 amide bonds. The summed E-state index contributed by atoms with van der Waals surface area (Å²) in [5.74, 6) is -0.796. The number of amides is 1. The van der Waals surface area contributed by atoms with E-state index in [0.717, 1.165) is 12.7 Å². The smallest absolute Gasteiger partial charge is 0.412 e. The number of nitrogens with one attached hydrogen (secondary N) is 1. The van der Waals surface area contributed by atoms with E-state index in [0.29, 0.717) is 16.7 Å². The van der Waals surface area contributed by atoms with Crippen molar-refractivity contribution in [2.24, 2.45) is 0 Å². The average molecular weight is 397 g/mol. The van der Waals surface area contributed by atoms with Crippen molar-refractivity contribution in [3.05, 3.63) is 40.7 Å². The lowest BCUT2D eigenvalue weighted by molar-refractivity contribution is 0.0601. The van der Waals surface area contributed by atoms with Crippen LogP contribution in [0.3, 0.4) is 0 Å². The van der Waals surface area contributed by atoms with Crippen LogP contribution in [0.5, 0.6) is 5.75 Å².